The fraction of sp³-hybridized carbons (Fsp3) is 0.190. The second-order valence-electron chi connectivity index (χ2n) is 5.98. The molecule has 2 aromatic rings. The van der Waals surface area contributed by atoms with Crippen LogP contribution in [-0.2, 0) is 4.79 Å². The number of carbonyl (C=O) groups is 1. The van der Waals surface area contributed by atoms with E-state index in [1.165, 1.54) is 24.0 Å². The Morgan fingerprint density at radius 1 is 0.591 bits per heavy atom. The van der Waals surface area contributed by atoms with Crippen molar-refractivity contribution in [2.75, 3.05) is 0 Å². The molecule has 0 aromatic heterocycles. The van der Waals surface area contributed by atoms with E-state index in [0.29, 0.717) is 0 Å². The molecule has 2 aromatic carbocycles. The van der Waals surface area contributed by atoms with Crippen molar-refractivity contribution in [1.82, 2.24) is 0 Å². The van der Waals surface area contributed by atoms with Gasteiger partial charge in [-0.2, -0.15) is 0 Å². The molecule has 1 fully saturated rings. The molecule has 0 amide bonds. The minimum atomic E-state index is 0.212. The van der Waals surface area contributed by atoms with Gasteiger partial charge < -0.3 is 0 Å². The highest BCUT2D eigenvalue weighted by Crippen LogP contribution is 2.46. The third kappa shape index (κ3) is 2.05. The Hall–Kier alpha value is -2.41. The number of fused-ring (bicyclic) bond motifs is 1. The first-order chi connectivity index (χ1) is 10.9. The van der Waals surface area contributed by atoms with Gasteiger partial charge in [-0.05, 0) is 48.0 Å². The first-order valence-corrected chi connectivity index (χ1v) is 7.98. The van der Waals surface area contributed by atoms with E-state index in [1.54, 1.807) is 0 Å². The molecule has 0 heterocycles. The molecular weight excluding hydrogens is 268 g/mol. The average Bonchev–Trinajstić information content (AvgIpc) is 2.88. The summed E-state index contributed by atoms with van der Waals surface area (Å²) < 4.78 is 0. The van der Waals surface area contributed by atoms with Crippen molar-refractivity contribution in [2.45, 2.75) is 25.7 Å². The number of Topliss-reactive ketones (excluding diaryl/α,β-unsaturated/α-hetero) is 1. The molecule has 1 saturated carbocycles. The summed E-state index contributed by atoms with van der Waals surface area (Å²) in [6.45, 7) is 0. The van der Waals surface area contributed by atoms with E-state index < -0.39 is 0 Å². The highest BCUT2D eigenvalue weighted by molar-refractivity contribution is 6.47. The van der Waals surface area contributed by atoms with Crippen LogP contribution in [0.25, 0.3) is 11.1 Å². The van der Waals surface area contributed by atoms with Gasteiger partial charge in [0, 0.05) is 11.1 Å². The lowest BCUT2D eigenvalue weighted by atomic mass is 9.87. The Bertz CT molecular complexity index is 712. The Morgan fingerprint density at radius 2 is 1.00 bits per heavy atom. The van der Waals surface area contributed by atoms with E-state index in [2.05, 4.69) is 24.3 Å². The Morgan fingerprint density at radius 3 is 1.41 bits per heavy atom. The fourth-order valence-corrected chi connectivity index (χ4v) is 3.68. The van der Waals surface area contributed by atoms with E-state index in [9.17, 15) is 4.79 Å². The van der Waals surface area contributed by atoms with Crippen LogP contribution in [0, 0.1) is 0 Å². The van der Waals surface area contributed by atoms with Crippen LogP contribution in [0.15, 0.2) is 71.8 Å². The lowest BCUT2D eigenvalue weighted by molar-refractivity contribution is -0.108. The van der Waals surface area contributed by atoms with E-state index in [1.807, 2.05) is 36.4 Å². The summed E-state index contributed by atoms with van der Waals surface area (Å²) in [5.74, 6) is 0.212. The van der Waals surface area contributed by atoms with Crippen molar-refractivity contribution < 1.29 is 4.79 Å². The van der Waals surface area contributed by atoms with Gasteiger partial charge in [0.05, 0.1) is 0 Å². The molecule has 0 bridgehead atoms. The number of rotatable bonds is 2. The predicted molar refractivity (Wildman–Crippen MR) is 90.2 cm³/mol. The molecule has 1 nitrogen and oxygen atoms in total. The molecule has 0 spiro atoms. The minimum Gasteiger partial charge on any atom is -0.289 e. The smallest absolute Gasteiger partial charge is 0.194 e. The molecule has 0 unspecified atom stereocenters. The second kappa shape index (κ2) is 5.42. The molecule has 0 aliphatic heterocycles. The van der Waals surface area contributed by atoms with E-state index >= 15 is 0 Å². The number of hydrogen-bond donors (Lipinski definition) is 0. The molecule has 1 heteroatoms. The maximum absolute atomic E-state index is 13.2. The van der Waals surface area contributed by atoms with Crippen molar-refractivity contribution in [2.24, 2.45) is 0 Å². The minimum absolute atomic E-state index is 0.212. The molecule has 0 atom stereocenters. The standard InChI is InChI=1S/C21H18O/c22-21-19(15-9-3-1-4-10-15)17-13-7-8-14-18(17)20(21)16-11-5-2-6-12-16/h1-6,9-12H,7-8,13-14H2. The van der Waals surface area contributed by atoms with Crippen LogP contribution in [0.2, 0.25) is 0 Å². The van der Waals surface area contributed by atoms with Crippen LogP contribution in [-0.4, -0.2) is 5.78 Å². The summed E-state index contributed by atoms with van der Waals surface area (Å²) in [4.78, 5) is 13.2. The Balaban J connectivity index is 1.89. The van der Waals surface area contributed by atoms with Gasteiger partial charge in [0.1, 0.15) is 0 Å². The van der Waals surface area contributed by atoms with E-state index in [-0.39, 0.29) is 5.78 Å². The van der Waals surface area contributed by atoms with Crippen molar-refractivity contribution >= 4 is 16.9 Å². The van der Waals surface area contributed by atoms with Gasteiger partial charge in [-0.15, -0.1) is 0 Å². The van der Waals surface area contributed by atoms with Gasteiger partial charge in [0.25, 0.3) is 0 Å². The third-order valence-corrected chi connectivity index (χ3v) is 4.65. The number of benzene rings is 2. The maximum Gasteiger partial charge on any atom is 0.194 e. The molecule has 0 N–H and O–H groups in total. The summed E-state index contributed by atoms with van der Waals surface area (Å²) in [6.07, 6.45) is 4.43. The van der Waals surface area contributed by atoms with Gasteiger partial charge in [-0.3, -0.25) is 4.79 Å². The molecule has 2 aliphatic carbocycles. The average molecular weight is 286 g/mol. The highest BCUT2D eigenvalue weighted by Gasteiger charge is 2.34. The van der Waals surface area contributed by atoms with Crippen molar-refractivity contribution in [3.8, 4) is 0 Å². The molecular formula is C21H18O. The molecule has 0 radical (unpaired) electrons. The van der Waals surface area contributed by atoms with Crippen LogP contribution in [0.5, 0.6) is 0 Å². The number of allylic oxidation sites excluding steroid dienone is 4. The lowest BCUT2D eigenvalue weighted by Crippen LogP contribution is -2.01. The normalized spacial score (nSPS) is 17.9. The van der Waals surface area contributed by atoms with Gasteiger partial charge in [0.2, 0.25) is 0 Å². The SMILES string of the molecule is O=C1C(c2ccccc2)=C2CCCCC2=C1c1ccccc1. The van der Waals surface area contributed by atoms with Gasteiger partial charge >= 0.3 is 0 Å². The zero-order chi connectivity index (χ0) is 14.9. The van der Waals surface area contributed by atoms with Crippen LogP contribution >= 0.6 is 0 Å². The quantitative estimate of drug-likeness (QED) is 0.755. The molecule has 4 rings (SSSR count). The maximum atomic E-state index is 13.2. The largest absolute Gasteiger partial charge is 0.289 e. The van der Waals surface area contributed by atoms with Gasteiger partial charge in [0.15, 0.2) is 5.78 Å². The summed E-state index contributed by atoms with van der Waals surface area (Å²) in [5, 5.41) is 0. The topological polar surface area (TPSA) is 17.1 Å². The monoisotopic (exact) mass is 286 g/mol. The second-order valence-corrected chi connectivity index (χ2v) is 5.98. The first kappa shape index (κ1) is 13.3. The summed E-state index contributed by atoms with van der Waals surface area (Å²) >= 11 is 0. The fourth-order valence-electron chi connectivity index (χ4n) is 3.68. The molecule has 0 saturated heterocycles. The first-order valence-electron chi connectivity index (χ1n) is 7.98. The van der Waals surface area contributed by atoms with Gasteiger partial charge in [-0.25, -0.2) is 0 Å². The molecule has 108 valence electrons. The van der Waals surface area contributed by atoms with E-state index in [0.717, 1.165) is 35.1 Å². The zero-order valence-electron chi connectivity index (χ0n) is 12.5. The molecule has 2 aliphatic rings. The molecule has 22 heavy (non-hydrogen) atoms. The van der Waals surface area contributed by atoms with Crippen LogP contribution in [0.4, 0.5) is 0 Å². The predicted octanol–water partition coefficient (Wildman–Crippen LogP) is 5.05. The number of ketones is 1. The van der Waals surface area contributed by atoms with Crippen LogP contribution < -0.4 is 0 Å². The number of carbonyl (C=O) groups excluding carboxylic acids is 1. The van der Waals surface area contributed by atoms with Crippen LogP contribution in [0.3, 0.4) is 0 Å². The Labute approximate surface area is 131 Å². The zero-order valence-corrected chi connectivity index (χ0v) is 12.5. The van der Waals surface area contributed by atoms with Crippen molar-refractivity contribution in [3.05, 3.63) is 82.9 Å². The van der Waals surface area contributed by atoms with Crippen molar-refractivity contribution in [3.63, 3.8) is 0 Å². The van der Waals surface area contributed by atoms with Gasteiger partial charge in [-0.1, -0.05) is 60.7 Å². The van der Waals surface area contributed by atoms with E-state index in [4.69, 9.17) is 0 Å². The number of hydrogen-bond acceptors (Lipinski definition) is 1. The third-order valence-electron chi connectivity index (χ3n) is 4.65. The summed E-state index contributed by atoms with van der Waals surface area (Å²) in [7, 11) is 0. The lowest BCUT2D eigenvalue weighted by Gasteiger charge is -2.17. The summed E-state index contributed by atoms with van der Waals surface area (Å²) in [5.41, 5.74) is 6.59. The Kier molecular flexibility index (Phi) is 3.27. The summed E-state index contributed by atoms with van der Waals surface area (Å²) in [6, 6.07) is 20.3. The van der Waals surface area contributed by atoms with Crippen LogP contribution in [0.1, 0.15) is 36.8 Å². The van der Waals surface area contributed by atoms with Crippen molar-refractivity contribution in [1.29, 1.82) is 0 Å². The highest BCUT2D eigenvalue weighted by atomic mass is 16.1.